The van der Waals surface area contributed by atoms with Crippen molar-refractivity contribution in [3.8, 4) is 0 Å². The number of hydrogen-bond donors (Lipinski definition) is 2. The van der Waals surface area contributed by atoms with Gasteiger partial charge in [0.05, 0.1) is 5.92 Å². The SMILES string of the molecule is CC(CCCC(C)C(=O)O)NCc1nccs1. The van der Waals surface area contributed by atoms with Gasteiger partial charge in [-0.15, -0.1) is 11.3 Å². The molecular formula is C12H20N2O2S. The second kappa shape index (κ2) is 7.40. The third kappa shape index (κ3) is 5.79. The number of carboxylic acid groups (broad SMARTS) is 1. The van der Waals surface area contributed by atoms with E-state index in [0.717, 1.165) is 30.8 Å². The normalized spacial score (nSPS) is 14.5. The molecule has 5 heteroatoms. The number of carboxylic acids is 1. The third-order valence-corrected chi connectivity index (χ3v) is 3.56. The summed E-state index contributed by atoms with van der Waals surface area (Å²) in [7, 11) is 0. The van der Waals surface area contributed by atoms with Crippen LogP contribution in [0.5, 0.6) is 0 Å². The molecule has 0 aliphatic carbocycles. The lowest BCUT2D eigenvalue weighted by Gasteiger charge is -2.13. The summed E-state index contributed by atoms with van der Waals surface area (Å²) in [5, 5.41) is 15.2. The highest BCUT2D eigenvalue weighted by atomic mass is 32.1. The van der Waals surface area contributed by atoms with E-state index in [2.05, 4.69) is 17.2 Å². The standard InChI is InChI=1S/C12H20N2O2S/c1-9(12(15)16)4-3-5-10(2)14-8-11-13-6-7-17-11/h6-7,9-10,14H,3-5,8H2,1-2H3,(H,15,16). The Morgan fingerprint density at radius 2 is 2.29 bits per heavy atom. The maximum absolute atomic E-state index is 10.6. The zero-order valence-corrected chi connectivity index (χ0v) is 11.2. The Morgan fingerprint density at radius 1 is 1.53 bits per heavy atom. The molecule has 2 atom stereocenters. The zero-order valence-electron chi connectivity index (χ0n) is 10.3. The number of aromatic nitrogens is 1. The van der Waals surface area contributed by atoms with Crippen LogP contribution in [0.4, 0.5) is 0 Å². The fourth-order valence-electron chi connectivity index (χ4n) is 1.56. The first-order valence-corrected chi connectivity index (χ1v) is 6.82. The predicted octanol–water partition coefficient (Wildman–Crippen LogP) is 2.51. The molecule has 0 radical (unpaired) electrons. The minimum atomic E-state index is -0.701. The molecule has 0 aromatic carbocycles. The lowest BCUT2D eigenvalue weighted by molar-refractivity contribution is -0.141. The van der Waals surface area contributed by atoms with Crippen LogP contribution in [0, 0.1) is 5.92 Å². The molecule has 2 unspecified atom stereocenters. The van der Waals surface area contributed by atoms with Gasteiger partial charge in [0.15, 0.2) is 0 Å². The van der Waals surface area contributed by atoms with E-state index in [1.165, 1.54) is 0 Å². The number of nitrogens with zero attached hydrogens (tertiary/aromatic N) is 1. The average molecular weight is 256 g/mol. The number of aliphatic carboxylic acids is 1. The molecule has 1 aromatic rings. The molecule has 0 bridgehead atoms. The smallest absolute Gasteiger partial charge is 0.306 e. The lowest BCUT2D eigenvalue weighted by Crippen LogP contribution is -2.25. The van der Waals surface area contributed by atoms with Gasteiger partial charge in [0, 0.05) is 24.2 Å². The van der Waals surface area contributed by atoms with E-state index in [9.17, 15) is 4.79 Å². The summed E-state index contributed by atoms with van der Waals surface area (Å²) in [6, 6.07) is 0.403. The molecule has 1 heterocycles. The molecule has 0 spiro atoms. The Balaban J connectivity index is 2.09. The highest BCUT2D eigenvalue weighted by Crippen LogP contribution is 2.10. The topological polar surface area (TPSA) is 62.2 Å². The molecule has 0 aliphatic heterocycles. The summed E-state index contributed by atoms with van der Waals surface area (Å²) in [5.74, 6) is -0.936. The molecule has 0 fully saturated rings. The summed E-state index contributed by atoms with van der Waals surface area (Å²) in [4.78, 5) is 14.8. The molecule has 0 amide bonds. The van der Waals surface area contributed by atoms with Crippen molar-refractivity contribution >= 4 is 17.3 Å². The van der Waals surface area contributed by atoms with Crippen LogP contribution >= 0.6 is 11.3 Å². The highest BCUT2D eigenvalue weighted by Gasteiger charge is 2.11. The van der Waals surface area contributed by atoms with Crippen LogP contribution in [-0.4, -0.2) is 22.1 Å². The Bertz CT molecular complexity index is 327. The van der Waals surface area contributed by atoms with Crippen LogP contribution in [0.3, 0.4) is 0 Å². The van der Waals surface area contributed by atoms with E-state index in [1.807, 2.05) is 5.38 Å². The van der Waals surface area contributed by atoms with E-state index >= 15 is 0 Å². The largest absolute Gasteiger partial charge is 0.481 e. The van der Waals surface area contributed by atoms with Gasteiger partial charge in [-0.1, -0.05) is 13.3 Å². The van der Waals surface area contributed by atoms with Crippen molar-refractivity contribution < 1.29 is 9.90 Å². The number of thiazole rings is 1. The first kappa shape index (κ1) is 14.1. The Kier molecular flexibility index (Phi) is 6.15. The van der Waals surface area contributed by atoms with Gasteiger partial charge >= 0.3 is 5.97 Å². The minimum Gasteiger partial charge on any atom is -0.481 e. The third-order valence-electron chi connectivity index (χ3n) is 2.78. The van der Waals surface area contributed by atoms with Crippen molar-refractivity contribution in [1.82, 2.24) is 10.3 Å². The van der Waals surface area contributed by atoms with Gasteiger partial charge in [0.2, 0.25) is 0 Å². The summed E-state index contributed by atoms with van der Waals surface area (Å²) in [5.41, 5.74) is 0. The first-order valence-electron chi connectivity index (χ1n) is 5.94. The lowest BCUT2D eigenvalue weighted by atomic mass is 10.0. The number of carbonyl (C=O) groups is 1. The van der Waals surface area contributed by atoms with Gasteiger partial charge in [-0.3, -0.25) is 4.79 Å². The summed E-state index contributed by atoms with van der Waals surface area (Å²) in [6.07, 6.45) is 4.50. The molecule has 0 aliphatic rings. The molecule has 2 N–H and O–H groups in total. The van der Waals surface area contributed by atoms with Crippen molar-refractivity contribution in [2.45, 2.75) is 45.7 Å². The summed E-state index contributed by atoms with van der Waals surface area (Å²) >= 11 is 1.65. The van der Waals surface area contributed by atoms with Crippen LogP contribution in [0.1, 0.15) is 38.1 Å². The van der Waals surface area contributed by atoms with Crippen LogP contribution in [-0.2, 0) is 11.3 Å². The maximum Gasteiger partial charge on any atom is 0.306 e. The number of nitrogens with one attached hydrogen (secondary N) is 1. The Labute approximate surface area is 106 Å². The fraction of sp³-hybridized carbons (Fsp3) is 0.667. The second-order valence-electron chi connectivity index (χ2n) is 4.38. The van der Waals surface area contributed by atoms with Crippen molar-refractivity contribution in [3.63, 3.8) is 0 Å². The average Bonchev–Trinajstić information content (AvgIpc) is 2.78. The van der Waals surface area contributed by atoms with E-state index in [0.29, 0.717) is 6.04 Å². The van der Waals surface area contributed by atoms with E-state index in [1.54, 1.807) is 24.5 Å². The summed E-state index contributed by atoms with van der Waals surface area (Å²) in [6.45, 7) is 4.68. The second-order valence-corrected chi connectivity index (χ2v) is 5.36. The minimum absolute atomic E-state index is 0.235. The molecule has 4 nitrogen and oxygen atoms in total. The van der Waals surface area contributed by atoms with Gasteiger partial charge in [-0.25, -0.2) is 4.98 Å². The summed E-state index contributed by atoms with van der Waals surface area (Å²) < 4.78 is 0. The maximum atomic E-state index is 10.6. The van der Waals surface area contributed by atoms with Crippen LogP contribution in [0.25, 0.3) is 0 Å². The number of rotatable bonds is 8. The monoisotopic (exact) mass is 256 g/mol. The van der Waals surface area contributed by atoms with Crippen LogP contribution in [0.15, 0.2) is 11.6 Å². The predicted molar refractivity (Wildman–Crippen MR) is 69.1 cm³/mol. The van der Waals surface area contributed by atoms with Gasteiger partial charge in [0.1, 0.15) is 5.01 Å². The Hall–Kier alpha value is -0.940. The van der Waals surface area contributed by atoms with Gasteiger partial charge in [-0.05, 0) is 19.8 Å². The molecule has 1 rings (SSSR count). The quantitative estimate of drug-likeness (QED) is 0.750. The van der Waals surface area contributed by atoms with E-state index in [-0.39, 0.29) is 5.92 Å². The van der Waals surface area contributed by atoms with Gasteiger partial charge in [-0.2, -0.15) is 0 Å². The molecule has 96 valence electrons. The van der Waals surface area contributed by atoms with E-state index in [4.69, 9.17) is 5.11 Å². The van der Waals surface area contributed by atoms with Crippen LogP contribution < -0.4 is 5.32 Å². The van der Waals surface area contributed by atoms with Crippen LogP contribution in [0.2, 0.25) is 0 Å². The van der Waals surface area contributed by atoms with Gasteiger partial charge < -0.3 is 10.4 Å². The van der Waals surface area contributed by atoms with Crippen molar-refractivity contribution in [2.24, 2.45) is 5.92 Å². The fourth-order valence-corrected chi connectivity index (χ4v) is 2.12. The Morgan fingerprint density at radius 3 is 2.88 bits per heavy atom. The molecule has 1 aromatic heterocycles. The molecule has 0 saturated heterocycles. The van der Waals surface area contributed by atoms with E-state index < -0.39 is 5.97 Å². The molecule has 17 heavy (non-hydrogen) atoms. The first-order chi connectivity index (χ1) is 8.09. The van der Waals surface area contributed by atoms with Gasteiger partial charge in [0.25, 0.3) is 0 Å². The highest BCUT2D eigenvalue weighted by molar-refractivity contribution is 7.09. The van der Waals surface area contributed by atoms with Crippen molar-refractivity contribution in [3.05, 3.63) is 16.6 Å². The molecular weight excluding hydrogens is 236 g/mol. The molecule has 0 saturated carbocycles. The number of hydrogen-bond acceptors (Lipinski definition) is 4. The van der Waals surface area contributed by atoms with Crippen molar-refractivity contribution in [2.75, 3.05) is 0 Å². The van der Waals surface area contributed by atoms with Crippen molar-refractivity contribution in [1.29, 1.82) is 0 Å². The zero-order chi connectivity index (χ0) is 12.7.